The van der Waals surface area contributed by atoms with E-state index < -0.39 is 0 Å². The van der Waals surface area contributed by atoms with E-state index in [0.717, 1.165) is 19.4 Å². The van der Waals surface area contributed by atoms with Crippen molar-refractivity contribution in [1.82, 2.24) is 9.97 Å². The second-order valence-corrected chi connectivity index (χ2v) is 4.22. The number of rotatable bonds is 3. The van der Waals surface area contributed by atoms with E-state index >= 15 is 0 Å². The maximum atomic E-state index is 11.4. The lowest BCUT2D eigenvalue weighted by Gasteiger charge is -2.35. The van der Waals surface area contributed by atoms with Crippen molar-refractivity contribution < 1.29 is 0 Å². The van der Waals surface area contributed by atoms with Crippen LogP contribution in [0.3, 0.4) is 0 Å². The number of hydrogen-bond acceptors (Lipinski definition) is 4. The van der Waals surface area contributed by atoms with Crippen LogP contribution < -0.4 is 16.2 Å². The van der Waals surface area contributed by atoms with Crippen LogP contribution >= 0.6 is 0 Å². The minimum absolute atomic E-state index is 0.136. The third-order valence-corrected chi connectivity index (χ3v) is 2.85. The molecule has 0 atom stereocenters. The molecule has 0 amide bonds. The van der Waals surface area contributed by atoms with Crippen molar-refractivity contribution in [2.75, 3.05) is 18.5 Å². The first-order chi connectivity index (χ1) is 7.16. The van der Waals surface area contributed by atoms with E-state index in [1.165, 1.54) is 0 Å². The SMILES string of the molecule is CN(CC1CC(N)C1)c1ncc[nH]c1=O. The van der Waals surface area contributed by atoms with Crippen LogP contribution in [-0.2, 0) is 0 Å². The van der Waals surface area contributed by atoms with Gasteiger partial charge in [-0.05, 0) is 18.8 Å². The van der Waals surface area contributed by atoms with Crippen LogP contribution in [0, 0.1) is 5.92 Å². The molecule has 1 fully saturated rings. The molecule has 1 saturated carbocycles. The maximum Gasteiger partial charge on any atom is 0.290 e. The Kier molecular flexibility index (Phi) is 2.73. The molecule has 3 N–H and O–H groups in total. The number of aromatic nitrogens is 2. The summed E-state index contributed by atoms with van der Waals surface area (Å²) in [5.74, 6) is 1.09. The molecule has 0 saturated heterocycles. The molecule has 0 bridgehead atoms. The van der Waals surface area contributed by atoms with Crippen molar-refractivity contribution in [1.29, 1.82) is 0 Å². The van der Waals surface area contributed by atoms with Gasteiger partial charge in [0.15, 0.2) is 5.82 Å². The standard InChI is InChI=1S/C10H16N4O/c1-14(6-7-4-8(11)5-7)9-10(15)13-3-2-12-9/h2-3,7-8H,4-6,11H2,1H3,(H,13,15). The molecule has 1 aromatic heterocycles. The molecule has 82 valence electrons. The van der Waals surface area contributed by atoms with Gasteiger partial charge in [0.2, 0.25) is 0 Å². The molecule has 5 nitrogen and oxygen atoms in total. The maximum absolute atomic E-state index is 11.4. The van der Waals surface area contributed by atoms with Crippen LogP contribution in [0.2, 0.25) is 0 Å². The number of H-pyrrole nitrogens is 1. The van der Waals surface area contributed by atoms with Crippen molar-refractivity contribution in [3.63, 3.8) is 0 Å². The van der Waals surface area contributed by atoms with E-state index in [4.69, 9.17) is 5.73 Å². The summed E-state index contributed by atoms with van der Waals surface area (Å²) >= 11 is 0. The number of anilines is 1. The summed E-state index contributed by atoms with van der Waals surface area (Å²) in [7, 11) is 1.89. The second kappa shape index (κ2) is 4.02. The third kappa shape index (κ3) is 2.18. The Morgan fingerprint density at radius 3 is 3.00 bits per heavy atom. The normalized spacial score (nSPS) is 24.7. The quantitative estimate of drug-likeness (QED) is 0.730. The number of nitrogens with two attached hydrogens (primary N) is 1. The fourth-order valence-corrected chi connectivity index (χ4v) is 2.03. The smallest absolute Gasteiger partial charge is 0.290 e. The molecule has 1 aromatic rings. The molecule has 0 unspecified atom stereocenters. The zero-order valence-electron chi connectivity index (χ0n) is 8.81. The Bertz CT molecular complexity index is 383. The Morgan fingerprint density at radius 1 is 1.67 bits per heavy atom. The minimum atomic E-state index is -0.136. The van der Waals surface area contributed by atoms with E-state index in [0.29, 0.717) is 17.8 Å². The minimum Gasteiger partial charge on any atom is -0.355 e. The highest BCUT2D eigenvalue weighted by atomic mass is 16.1. The Hall–Kier alpha value is -1.36. The first-order valence-corrected chi connectivity index (χ1v) is 5.17. The zero-order valence-corrected chi connectivity index (χ0v) is 8.81. The van der Waals surface area contributed by atoms with E-state index in [-0.39, 0.29) is 5.56 Å². The van der Waals surface area contributed by atoms with Gasteiger partial charge in [0, 0.05) is 32.0 Å². The van der Waals surface area contributed by atoms with Gasteiger partial charge in [-0.1, -0.05) is 0 Å². The van der Waals surface area contributed by atoms with Gasteiger partial charge in [-0.3, -0.25) is 4.79 Å². The third-order valence-electron chi connectivity index (χ3n) is 2.85. The van der Waals surface area contributed by atoms with Crippen molar-refractivity contribution in [3.05, 3.63) is 22.7 Å². The number of aromatic amines is 1. The molecule has 1 aliphatic rings. The Labute approximate surface area is 88.3 Å². The van der Waals surface area contributed by atoms with Crippen LogP contribution in [0.25, 0.3) is 0 Å². The number of hydrogen-bond donors (Lipinski definition) is 2. The van der Waals surface area contributed by atoms with Gasteiger partial charge >= 0.3 is 0 Å². The second-order valence-electron chi connectivity index (χ2n) is 4.22. The van der Waals surface area contributed by atoms with Crippen LogP contribution in [0.1, 0.15) is 12.8 Å². The Morgan fingerprint density at radius 2 is 2.40 bits per heavy atom. The molecule has 0 spiro atoms. The highest BCUT2D eigenvalue weighted by Gasteiger charge is 2.27. The van der Waals surface area contributed by atoms with Crippen LogP contribution in [-0.4, -0.2) is 29.6 Å². The predicted octanol–water partition coefficient (Wildman–Crippen LogP) is -0.0566. The summed E-state index contributed by atoms with van der Waals surface area (Å²) in [5.41, 5.74) is 5.58. The highest BCUT2D eigenvalue weighted by Crippen LogP contribution is 2.26. The van der Waals surface area contributed by atoms with Crippen molar-refractivity contribution in [2.24, 2.45) is 11.7 Å². The first kappa shape index (κ1) is 10.2. The van der Waals surface area contributed by atoms with Crippen LogP contribution in [0.4, 0.5) is 5.82 Å². The lowest BCUT2D eigenvalue weighted by Crippen LogP contribution is -2.43. The largest absolute Gasteiger partial charge is 0.355 e. The monoisotopic (exact) mass is 208 g/mol. The predicted molar refractivity (Wildman–Crippen MR) is 58.8 cm³/mol. The number of nitrogens with one attached hydrogen (secondary N) is 1. The lowest BCUT2D eigenvalue weighted by atomic mass is 9.81. The summed E-state index contributed by atoms with van der Waals surface area (Å²) in [6.07, 6.45) is 5.24. The van der Waals surface area contributed by atoms with Gasteiger partial charge in [-0.25, -0.2) is 4.98 Å². The molecule has 0 aliphatic heterocycles. The van der Waals surface area contributed by atoms with E-state index in [2.05, 4.69) is 9.97 Å². The van der Waals surface area contributed by atoms with Crippen LogP contribution in [0.15, 0.2) is 17.2 Å². The van der Waals surface area contributed by atoms with Crippen LogP contribution in [0.5, 0.6) is 0 Å². The molecular formula is C10H16N4O. The summed E-state index contributed by atoms with van der Waals surface area (Å²) in [6, 6.07) is 0.352. The van der Waals surface area contributed by atoms with Gasteiger partial charge in [0.05, 0.1) is 0 Å². The Balaban J connectivity index is 1.99. The fraction of sp³-hybridized carbons (Fsp3) is 0.600. The average molecular weight is 208 g/mol. The fourth-order valence-electron chi connectivity index (χ4n) is 2.03. The van der Waals surface area contributed by atoms with E-state index in [1.54, 1.807) is 12.4 Å². The average Bonchev–Trinajstić information content (AvgIpc) is 2.16. The summed E-state index contributed by atoms with van der Waals surface area (Å²) < 4.78 is 0. The van der Waals surface area contributed by atoms with Crippen molar-refractivity contribution in [3.8, 4) is 0 Å². The molecular weight excluding hydrogens is 192 g/mol. The molecule has 0 aromatic carbocycles. The molecule has 2 rings (SSSR count). The van der Waals surface area contributed by atoms with Gasteiger partial charge in [-0.2, -0.15) is 0 Å². The highest BCUT2D eigenvalue weighted by molar-refractivity contribution is 5.33. The molecule has 0 radical (unpaired) electrons. The zero-order chi connectivity index (χ0) is 10.8. The molecule has 5 heteroatoms. The van der Waals surface area contributed by atoms with E-state index in [1.807, 2.05) is 11.9 Å². The summed E-state index contributed by atoms with van der Waals surface area (Å²) in [6.45, 7) is 0.855. The van der Waals surface area contributed by atoms with E-state index in [9.17, 15) is 4.79 Å². The van der Waals surface area contributed by atoms with Gasteiger partial charge in [-0.15, -0.1) is 0 Å². The van der Waals surface area contributed by atoms with Crippen molar-refractivity contribution >= 4 is 5.82 Å². The molecule has 1 heterocycles. The van der Waals surface area contributed by atoms with Gasteiger partial charge in [0.1, 0.15) is 0 Å². The first-order valence-electron chi connectivity index (χ1n) is 5.17. The molecule has 15 heavy (non-hydrogen) atoms. The topological polar surface area (TPSA) is 75.0 Å². The molecule has 1 aliphatic carbocycles. The van der Waals surface area contributed by atoms with Gasteiger partial charge < -0.3 is 15.6 Å². The number of nitrogens with zero attached hydrogens (tertiary/aromatic N) is 2. The van der Waals surface area contributed by atoms with Crippen molar-refractivity contribution in [2.45, 2.75) is 18.9 Å². The lowest BCUT2D eigenvalue weighted by molar-refractivity contribution is 0.270. The summed E-state index contributed by atoms with van der Waals surface area (Å²) in [4.78, 5) is 20.0. The van der Waals surface area contributed by atoms with Gasteiger partial charge in [0.25, 0.3) is 5.56 Å². The summed E-state index contributed by atoms with van der Waals surface area (Å²) in [5, 5.41) is 0.